The van der Waals surface area contributed by atoms with E-state index in [2.05, 4.69) is 17.2 Å². The Labute approximate surface area is 151 Å². The number of amides is 1. The van der Waals surface area contributed by atoms with Gasteiger partial charge in [-0.3, -0.25) is 4.79 Å². The molecule has 0 heterocycles. The van der Waals surface area contributed by atoms with Gasteiger partial charge in [-0.1, -0.05) is 25.2 Å². The third-order valence-corrected chi connectivity index (χ3v) is 4.90. The summed E-state index contributed by atoms with van der Waals surface area (Å²) in [6.45, 7) is 0.528. The summed E-state index contributed by atoms with van der Waals surface area (Å²) in [5.74, 6) is 8.18. The number of methoxy groups -OCH3 is 1. The number of carbonyl (C=O) groups is 1. The van der Waals surface area contributed by atoms with Crippen molar-refractivity contribution in [1.82, 2.24) is 5.32 Å². The Morgan fingerprint density at radius 2 is 2.08 bits per heavy atom. The molecule has 2 aliphatic rings. The topological polar surface area (TPSA) is 58.6 Å². The van der Waals surface area contributed by atoms with Crippen LogP contribution in [0.4, 0.5) is 0 Å². The largest absolute Gasteiger partial charge is 0.508 e. The maximum absolute atomic E-state index is 11.9. The summed E-state index contributed by atoms with van der Waals surface area (Å²) in [4.78, 5) is 11.9. The molecule has 0 saturated heterocycles. The molecule has 0 aromatic carbocycles. The molecule has 0 unspecified atom stereocenters. The van der Waals surface area contributed by atoms with Gasteiger partial charge in [-0.25, -0.2) is 0 Å². The van der Waals surface area contributed by atoms with E-state index < -0.39 is 0 Å². The van der Waals surface area contributed by atoms with Gasteiger partial charge in [0, 0.05) is 31.7 Å². The van der Waals surface area contributed by atoms with Crippen LogP contribution < -0.4 is 5.32 Å². The fraction of sp³-hybridized carbons (Fsp3) is 0.667. The summed E-state index contributed by atoms with van der Waals surface area (Å²) >= 11 is 0. The molecule has 0 aromatic heterocycles. The van der Waals surface area contributed by atoms with Gasteiger partial charge in [0.2, 0.25) is 5.91 Å². The second kappa shape index (κ2) is 10.9. The second-order valence-corrected chi connectivity index (χ2v) is 6.96. The van der Waals surface area contributed by atoms with Gasteiger partial charge in [-0.2, -0.15) is 0 Å². The van der Waals surface area contributed by atoms with Gasteiger partial charge in [-0.05, 0) is 43.8 Å². The van der Waals surface area contributed by atoms with Crippen LogP contribution in [0.15, 0.2) is 23.2 Å². The molecule has 0 atom stereocenters. The van der Waals surface area contributed by atoms with Gasteiger partial charge in [-0.15, -0.1) is 5.92 Å². The van der Waals surface area contributed by atoms with E-state index in [0.29, 0.717) is 31.1 Å². The fourth-order valence-electron chi connectivity index (χ4n) is 3.32. The van der Waals surface area contributed by atoms with E-state index in [4.69, 9.17) is 4.74 Å². The molecule has 1 fully saturated rings. The Kier molecular flexibility index (Phi) is 8.45. The molecule has 4 nitrogen and oxygen atoms in total. The summed E-state index contributed by atoms with van der Waals surface area (Å²) in [5, 5.41) is 12.6. The minimum atomic E-state index is 0.0823. The van der Waals surface area contributed by atoms with E-state index in [-0.39, 0.29) is 11.7 Å². The minimum Gasteiger partial charge on any atom is -0.508 e. The Bertz CT molecular complexity index is 559. The number of rotatable bonds is 7. The first-order chi connectivity index (χ1) is 12.2. The summed E-state index contributed by atoms with van der Waals surface area (Å²) < 4.78 is 5.11. The van der Waals surface area contributed by atoms with E-state index in [1.807, 2.05) is 6.08 Å². The van der Waals surface area contributed by atoms with E-state index >= 15 is 0 Å². The molecule has 0 spiro atoms. The molecule has 0 aliphatic heterocycles. The van der Waals surface area contributed by atoms with E-state index in [9.17, 15) is 9.90 Å². The van der Waals surface area contributed by atoms with Crippen LogP contribution in [0.25, 0.3) is 0 Å². The fourth-order valence-corrected chi connectivity index (χ4v) is 3.32. The summed E-state index contributed by atoms with van der Waals surface area (Å²) in [5.41, 5.74) is 1.08. The van der Waals surface area contributed by atoms with Crippen LogP contribution in [0, 0.1) is 17.8 Å². The standard InChI is InChI=1S/C21H31NO3/c1-25-20-15-18(13-14-19(20)23)16-22-21(24)12-8-3-2-5-9-17-10-6-4-7-11-17/h15,17,23H,2-4,6-8,10-14,16H2,1H3,(H,22,24). The first kappa shape index (κ1) is 19.4. The molecule has 0 radical (unpaired) electrons. The molecule has 2 rings (SSSR count). The van der Waals surface area contributed by atoms with Gasteiger partial charge in [0.1, 0.15) is 5.76 Å². The molecule has 1 saturated carbocycles. The number of carbonyl (C=O) groups excluding carboxylic acids is 1. The number of hydrogen-bond donors (Lipinski definition) is 2. The lowest BCUT2D eigenvalue weighted by Gasteiger charge is -2.16. The molecule has 1 amide bonds. The number of allylic oxidation sites excluding steroid dienone is 2. The van der Waals surface area contributed by atoms with Gasteiger partial charge in [0.25, 0.3) is 0 Å². The van der Waals surface area contributed by atoms with Crippen LogP contribution in [0.2, 0.25) is 0 Å². The van der Waals surface area contributed by atoms with Crippen molar-refractivity contribution in [2.75, 3.05) is 13.7 Å². The summed E-state index contributed by atoms with van der Waals surface area (Å²) in [6, 6.07) is 0. The average molecular weight is 345 g/mol. The van der Waals surface area contributed by atoms with Crippen molar-refractivity contribution in [2.24, 2.45) is 5.92 Å². The third-order valence-electron chi connectivity index (χ3n) is 4.90. The van der Waals surface area contributed by atoms with Crippen LogP contribution in [0.5, 0.6) is 0 Å². The van der Waals surface area contributed by atoms with Crippen LogP contribution in [0.1, 0.15) is 70.6 Å². The minimum absolute atomic E-state index is 0.0823. The summed E-state index contributed by atoms with van der Waals surface area (Å²) in [7, 11) is 1.54. The van der Waals surface area contributed by atoms with E-state index in [1.165, 1.54) is 32.1 Å². The van der Waals surface area contributed by atoms with Crippen LogP contribution >= 0.6 is 0 Å². The van der Waals surface area contributed by atoms with Crippen molar-refractivity contribution in [2.45, 2.75) is 70.6 Å². The second-order valence-electron chi connectivity index (χ2n) is 6.96. The van der Waals surface area contributed by atoms with Crippen LogP contribution in [0.3, 0.4) is 0 Å². The zero-order chi connectivity index (χ0) is 17.9. The first-order valence-corrected chi connectivity index (χ1v) is 9.59. The predicted molar refractivity (Wildman–Crippen MR) is 99.8 cm³/mol. The highest BCUT2D eigenvalue weighted by Gasteiger charge is 2.13. The molecule has 25 heavy (non-hydrogen) atoms. The molecular weight excluding hydrogens is 314 g/mol. The number of hydrogen-bond acceptors (Lipinski definition) is 3. The number of aliphatic hydroxyl groups is 1. The summed E-state index contributed by atoms with van der Waals surface area (Å²) in [6.07, 6.45) is 13.0. The number of nitrogens with one attached hydrogen (secondary N) is 1. The van der Waals surface area contributed by atoms with E-state index in [0.717, 1.165) is 31.3 Å². The van der Waals surface area contributed by atoms with Crippen molar-refractivity contribution in [1.29, 1.82) is 0 Å². The molecule has 0 bridgehead atoms. The molecule has 2 aliphatic carbocycles. The molecular formula is C21H31NO3. The number of unbranched alkanes of at least 4 members (excludes halogenated alkanes) is 2. The number of ether oxygens (including phenoxy) is 1. The van der Waals surface area contributed by atoms with Crippen LogP contribution in [-0.4, -0.2) is 24.7 Å². The molecule has 4 heteroatoms. The smallest absolute Gasteiger partial charge is 0.220 e. The highest BCUT2D eigenvalue weighted by atomic mass is 16.5. The maximum atomic E-state index is 11.9. The first-order valence-electron chi connectivity index (χ1n) is 9.59. The highest BCUT2D eigenvalue weighted by Crippen LogP contribution is 2.23. The lowest BCUT2D eigenvalue weighted by Crippen LogP contribution is -2.26. The Morgan fingerprint density at radius 1 is 1.28 bits per heavy atom. The quantitative estimate of drug-likeness (QED) is 0.532. The Morgan fingerprint density at radius 3 is 2.84 bits per heavy atom. The monoisotopic (exact) mass is 345 g/mol. The average Bonchev–Trinajstić information content (AvgIpc) is 2.64. The van der Waals surface area contributed by atoms with Crippen molar-refractivity contribution in [3.8, 4) is 11.8 Å². The Hall–Kier alpha value is -1.89. The predicted octanol–water partition coefficient (Wildman–Crippen LogP) is 4.38. The van der Waals surface area contributed by atoms with Crippen molar-refractivity contribution in [3.63, 3.8) is 0 Å². The lowest BCUT2D eigenvalue weighted by atomic mass is 9.90. The molecule has 138 valence electrons. The van der Waals surface area contributed by atoms with Crippen molar-refractivity contribution in [3.05, 3.63) is 23.2 Å². The lowest BCUT2D eigenvalue weighted by molar-refractivity contribution is -0.121. The maximum Gasteiger partial charge on any atom is 0.220 e. The highest BCUT2D eigenvalue weighted by molar-refractivity contribution is 5.76. The van der Waals surface area contributed by atoms with Crippen molar-refractivity contribution >= 4 is 5.91 Å². The Balaban J connectivity index is 1.56. The molecule has 0 aromatic rings. The zero-order valence-electron chi connectivity index (χ0n) is 15.4. The molecule has 2 N–H and O–H groups in total. The van der Waals surface area contributed by atoms with E-state index in [1.54, 1.807) is 7.11 Å². The van der Waals surface area contributed by atoms with Crippen LogP contribution in [-0.2, 0) is 9.53 Å². The zero-order valence-corrected chi connectivity index (χ0v) is 15.4. The van der Waals surface area contributed by atoms with Gasteiger partial charge >= 0.3 is 0 Å². The third kappa shape index (κ3) is 7.25. The van der Waals surface area contributed by atoms with Crippen molar-refractivity contribution < 1.29 is 14.6 Å². The van der Waals surface area contributed by atoms with Gasteiger partial charge in [0.05, 0.1) is 7.11 Å². The van der Waals surface area contributed by atoms with Gasteiger partial charge in [0.15, 0.2) is 5.76 Å². The number of aliphatic hydroxyl groups excluding tert-OH is 1. The normalized spacial score (nSPS) is 18.2. The van der Waals surface area contributed by atoms with Gasteiger partial charge < -0.3 is 15.2 Å². The SMILES string of the molecule is COC1=C(O)CCC(CNC(=O)CCCCC#CC2CCCCC2)=C1.